The predicted molar refractivity (Wildman–Crippen MR) is 76.6 cm³/mol. The largest absolute Gasteiger partial charge is 0.306 e. The van der Waals surface area contributed by atoms with E-state index in [1.807, 2.05) is 25.1 Å². The Hall–Kier alpha value is -1.81. The Balaban J connectivity index is 2.25. The number of rotatable bonds is 3. The van der Waals surface area contributed by atoms with Crippen molar-refractivity contribution in [3.8, 4) is 11.4 Å². The van der Waals surface area contributed by atoms with Gasteiger partial charge in [0.2, 0.25) is 0 Å². The van der Waals surface area contributed by atoms with Crippen LogP contribution >= 0.6 is 0 Å². The first kappa shape index (κ1) is 13.6. The van der Waals surface area contributed by atoms with Crippen molar-refractivity contribution in [3.63, 3.8) is 0 Å². The second kappa shape index (κ2) is 5.45. The van der Waals surface area contributed by atoms with Gasteiger partial charge in [0.25, 0.3) is 0 Å². The molecule has 2 rings (SSSR count). The first-order valence-electron chi connectivity index (χ1n) is 6.44. The maximum atomic E-state index is 4.59. The zero-order valence-electron chi connectivity index (χ0n) is 11.9. The third-order valence-electron chi connectivity index (χ3n) is 2.63. The molecule has 100 valence electrons. The highest BCUT2D eigenvalue weighted by atomic mass is 15.0. The molecule has 2 aromatic heterocycles. The van der Waals surface area contributed by atoms with Crippen LogP contribution in [-0.4, -0.2) is 20.5 Å². The number of hydrogen-bond donors (Lipinski definition) is 1. The van der Waals surface area contributed by atoms with Gasteiger partial charge >= 0.3 is 0 Å². The van der Waals surface area contributed by atoms with Gasteiger partial charge in [0, 0.05) is 35.7 Å². The van der Waals surface area contributed by atoms with Crippen LogP contribution in [0, 0.1) is 6.92 Å². The van der Waals surface area contributed by atoms with Gasteiger partial charge in [-0.05, 0) is 45.9 Å². The number of nitrogens with one attached hydrogen (secondary N) is 1. The second-order valence-electron chi connectivity index (χ2n) is 5.67. The fraction of sp³-hybridized carbons (Fsp3) is 0.400. The molecule has 0 saturated heterocycles. The molecule has 0 bridgehead atoms. The Morgan fingerprint density at radius 2 is 2.00 bits per heavy atom. The van der Waals surface area contributed by atoms with E-state index in [2.05, 4.69) is 41.0 Å². The number of pyridine rings is 1. The Labute approximate surface area is 114 Å². The van der Waals surface area contributed by atoms with Gasteiger partial charge in [-0.3, -0.25) is 4.98 Å². The Bertz CT molecular complexity index is 544. The fourth-order valence-electron chi connectivity index (χ4n) is 1.70. The molecule has 2 aromatic rings. The molecule has 4 nitrogen and oxygen atoms in total. The summed E-state index contributed by atoms with van der Waals surface area (Å²) < 4.78 is 0. The van der Waals surface area contributed by atoms with Gasteiger partial charge in [-0.25, -0.2) is 9.97 Å². The zero-order valence-corrected chi connectivity index (χ0v) is 11.9. The molecular formula is C15H20N4. The average Bonchev–Trinajstić information content (AvgIpc) is 2.36. The molecule has 0 spiro atoms. The van der Waals surface area contributed by atoms with Crippen LogP contribution in [0.4, 0.5) is 0 Å². The van der Waals surface area contributed by atoms with Crippen molar-refractivity contribution in [2.75, 3.05) is 0 Å². The van der Waals surface area contributed by atoms with Crippen molar-refractivity contribution in [2.24, 2.45) is 0 Å². The van der Waals surface area contributed by atoms with E-state index >= 15 is 0 Å². The molecule has 0 unspecified atom stereocenters. The molecular weight excluding hydrogens is 236 g/mol. The van der Waals surface area contributed by atoms with Crippen LogP contribution in [0.1, 0.15) is 32.2 Å². The van der Waals surface area contributed by atoms with E-state index in [1.165, 1.54) is 0 Å². The lowest BCUT2D eigenvalue weighted by Crippen LogP contribution is -2.35. The Kier molecular flexibility index (Phi) is 3.90. The highest BCUT2D eigenvalue weighted by Crippen LogP contribution is 2.14. The van der Waals surface area contributed by atoms with E-state index in [0.29, 0.717) is 0 Å². The number of hydrogen-bond acceptors (Lipinski definition) is 4. The van der Waals surface area contributed by atoms with E-state index in [-0.39, 0.29) is 5.54 Å². The van der Waals surface area contributed by atoms with Crippen molar-refractivity contribution in [3.05, 3.63) is 42.0 Å². The van der Waals surface area contributed by atoms with Crippen LogP contribution in [0.3, 0.4) is 0 Å². The van der Waals surface area contributed by atoms with Crippen LogP contribution in [-0.2, 0) is 6.54 Å². The summed E-state index contributed by atoms with van der Waals surface area (Å²) in [5.74, 6) is 0.735. The highest BCUT2D eigenvalue weighted by Gasteiger charge is 2.10. The summed E-state index contributed by atoms with van der Waals surface area (Å²) in [7, 11) is 0. The lowest BCUT2D eigenvalue weighted by atomic mass is 10.1. The number of nitrogens with zero attached hydrogens (tertiary/aromatic N) is 3. The number of aromatic nitrogens is 3. The molecule has 0 atom stereocenters. The van der Waals surface area contributed by atoms with E-state index in [0.717, 1.165) is 29.3 Å². The molecule has 1 N–H and O–H groups in total. The molecule has 0 aliphatic rings. The monoisotopic (exact) mass is 256 g/mol. The minimum absolute atomic E-state index is 0.0767. The molecule has 0 aliphatic heterocycles. The van der Waals surface area contributed by atoms with Crippen LogP contribution in [0.2, 0.25) is 0 Å². The molecule has 0 amide bonds. The van der Waals surface area contributed by atoms with Crippen LogP contribution in [0.5, 0.6) is 0 Å². The normalized spacial score (nSPS) is 11.6. The molecule has 0 aliphatic carbocycles. The SMILES string of the molecule is Cc1cc(CNC(C)(C)C)nc(-c2cccnc2)n1. The van der Waals surface area contributed by atoms with Crippen molar-refractivity contribution < 1.29 is 0 Å². The van der Waals surface area contributed by atoms with E-state index in [1.54, 1.807) is 12.4 Å². The van der Waals surface area contributed by atoms with E-state index in [9.17, 15) is 0 Å². The van der Waals surface area contributed by atoms with Gasteiger partial charge in [-0.15, -0.1) is 0 Å². The molecule has 0 fully saturated rings. The van der Waals surface area contributed by atoms with Crippen molar-refractivity contribution in [2.45, 2.75) is 39.8 Å². The maximum absolute atomic E-state index is 4.59. The minimum Gasteiger partial charge on any atom is -0.306 e. The third-order valence-corrected chi connectivity index (χ3v) is 2.63. The molecule has 0 saturated carbocycles. The van der Waals surface area contributed by atoms with Crippen LogP contribution < -0.4 is 5.32 Å². The molecule has 0 aromatic carbocycles. The summed E-state index contributed by atoms with van der Waals surface area (Å²) in [4.78, 5) is 13.2. The van der Waals surface area contributed by atoms with E-state index < -0.39 is 0 Å². The Morgan fingerprint density at radius 1 is 1.21 bits per heavy atom. The lowest BCUT2D eigenvalue weighted by molar-refractivity contribution is 0.421. The fourth-order valence-corrected chi connectivity index (χ4v) is 1.70. The van der Waals surface area contributed by atoms with E-state index in [4.69, 9.17) is 0 Å². The first-order chi connectivity index (χ1) is 8.94. The van der Waals surface area contributed by atoms with Gasteiger partial charge in [-0.2, -0.15) is 0 Å². The molecule has 0 radical (unpaired) electrons. The summed E-state index contributed by atoms with van der Waals surface area (Å²) >= 11 is 0. The van der Waals surface area contributed by atoms with Crippen molar-refractivity contribution in [1.82, 2.24) is 20.3 Å². The molecule has 2 heterocycles. The summed E-state index contributed by atoms with van der Waals surface area (Å²) in [6.45, 7) is 9.15. The zero-order chi connectivity index (χ0) is 13.9. The highest BCUT2D eigenvalue weighted by molar-refractivity contribution is 5.53. The molecule has 19 heavy (non-hydrogen) atoms. The smallest absolute Gasteiger partial charge is 0.161 e. The van der Waals surface area contributed by atoms with Gasteiger partial charge in [0.1, 0.15) is 0 Å². The predicted octanol–water partition coefficient (Wildman–Crippen LogP) is 2.74. The van der Waals surface area contributed by atoms with Crippen LogP contribution in [0.25, 0.3) is 11.4 Å². The lowest BCUT2D eigenvalue weighted by Gasteiger charge is -2.20. The Morgan fingerprint density at radius 3 is 2.63 bits per heavy atom. The second-order valence-corrected chi connectivity index (χ2v) is 5.67. The number of aryl methyl sites for hydroxylation is 1. The maximum Gasteiger partial charge on any atom is 0.161 e. The van der Waals surface area contributed by atoms with Gasteiger partial charge < -0.3 is 5.32 Å². The summed E-state index contributed by atoms with van der Waals surface area (Å²) in [5, 5.41) is 3.44. The van der Waals surface area contributed by atoms with Crippen molar-refractivity contribution in [1.29, 1.82) is 0 Å². The van der Waals surface area contributed by atoms with Gasteiger partial charge in [-0.1, -0.05) is 0 Å². The topological polar surface area (TPSA) is 50.7 Å². The van der Waals surface area contributed by atoms with Crippen molar-refractivity contribution >= 4 is 0 Å². The van der Waals surface area contributed by atoms with Crippen LogP contribution in [0.15, 0.2) is 30.6 Å². The first-order valence-corrected chi connectivity index (χ1v) is 6.44. The quantitative estimate of drug-likeness (QED) is 0.917. The average molecular weight is 256 g/mol. The summed E-state index contributed by atoms with van der Waals surface area (Å²) in [6, 6.07) is 5.88. The third kappa shape index (κ3) is 4.10. The van der Waals surface area contributed by atoms with Gasteiger partial charge in [0.15, 0.2) is 5.82 Å². The summed E-state index contributed by atoms with van der Waals surface area (Å²) in [5.41, 5.74) is 3.00. The minimum atomic E-state index is 0.0767. The standard InChI is InChI=1S/C15H20N4/c1-11-8-13(10-17-15(2,3)4)19-14(18-11)12-6-5-7-16-9-12/h5-9,17H,10H2,1-4H3. The molecule has 4 heteroatoms. The summed E-state index contributed by atoms with van der Waals surface area (Å²) in [6.07, 6.45) is 3.54. The van der Waals surface area contributed by atoms with Gasteiger partial charge in [0.05, 0.1) is 5.69 Å².